The van der Waals surface area contributed by atoms with Crippen LogP contribution in [-0.4, -0.2) is 9.55 Å². The van der Waals surface area contributed by atoms with Crippen molar-refractivity contribution in [1.29, 1.82) is 0 Å². The third kappa shape index (κ3) is 2.55. The van der Waals surface area contributed by atoms with E-state index in [1.165, 1.54) is 5.56 Å². The molecule has 22 heavy (non-hydrogen) atoms. The highest BCUT2D eigenvalue weighted by atomic mass is 35.5. The molecule has 2 nitrogen and oxygen atoms in total. The molecule has 0 saturated heterocycles. The summed E-state index contributed by atoms with van der Waals surface area (Å²) in [6.45, 7) is 4.24. The molecule has 3 aromatic rings. The molecule has 0 amide bonds. The van der Waals surface area contributed by atoms with E-state index in [0.717, 1.165) is 43.9 Å². The number of fused-ring (bicyclic) bond motifs is 1. The SMILES string of the molecule is CCc1cc(C)c2c(-c3cccc(Cl)c3)cc(=S)n(C)c2n1. The highest BCUT2D eigenvalue weighted by molar-refractivity contribution is 7.71. The minimum Gasteiger partial charge on any atom is -0.320 e. The molecule has 0 unspecified atom stereocenters. The summed E-state index contributed by atoms with van der Waals surface area (Å²) in [6.07, 6.45) is 0.908. The average molecular weight is 329 g/mol. The lowest BCUT2D eigenvalue weighted by Gasteiger charge is -2.14. The standard InChI is InChI=1S/C18H17ClN2S/c1-4-14-8-11(2)17-15(12-6-5-7-13(19)9-12)10-16(22)21(3)18(17)20-14/h5-10H,4H2,1-3H3. The minimum atomic E-state index is 0.723. The van der Waals surface area contributed by atoms with Crippen LogP contribution in [0.25, 0.3) is 22.2 Å². The van der Waals surface area contributed by atoms with Gasteiger partial charge in [-0.15, -0.1) is 0 Å². The van der Waals surface area contributed by atoms with E-state index in [1.807, 2.05) is 35.9 Å². The summed E-state index contributed by atoms with van der Waals surface area (Å²) in [6, 6.07) is 12.1. The number of aryl methyl sites for hydroxylation is 3. The van der Waals surface area contributed by atoms with Gasteiger partial charge < -0.3 is 4.57 Å². The number of aromatic nitrogens is 2. The predicted octanol–water partition coefficient (Wildman–Crippen LogP) is 5.49. The van der Waals surface area contributed by atoms with Crippen molar-refractivity contribution in [3.05, 3.63) is 57.3 Å². The van der Waals surface area contributed by atoms with E-state index in [-0.39, 0.29) is 0 Å². The molecule has 0 bridgehead atoms. The Hall–Kier alpha value is -1.71. The number of rotatable bonds is 2. The molecule has 1 aromatic carbocycles. The summed E-state index contributed by atoms with van der Waals surface area (Å²) in [5.41, 5.74) is 5.38. The van der Waals surface area contributed by atoms with Gasteiger partial charge in [-0.25, -0.2) is 4.98 Å². The molecule has 0 aliphatic heterocycles. The van der Waals surface area contributed by atoms with Crippen LogP contribution in [0.2, 0.25) is 5.02 Å². The smallest absolute Gasteiger partial charge is 0.141 e. The topological polar surface area (TPSA) is 17.8 Å². The van der Waals surface area contributed by atoms with Gasteiger partial charge in [-0.05, 0) is 54.3 Å². The fourth-order valence-electron chi connectivity index (χ4n) is 2.76. The summed E-state index contributed by atoms with van der Waals surface area (Å²) in [5.74, 6) is 0. The molecule has 0 radical (unpaired) electrons. The van der Waals surface area contributed by atoms with Gasteiger partial charge in [-0.3, -0.25) is 0 Å². The fraction of sp³-hybridized carbons (Fsp3) is 0.222. The summed E-state index contributed by atoms with van der Waals surface area (Å²) in [7, 11) is 1.97. The normalized spacial score (nSPS) is 11.1. The van der Waals surface area contributed by atoms with Gasteiger partial charge in [0, 0.05) is 23.2 Å². The van der Waals surface area contributed by atoms with Crippen LogP contribution >= 0.6 is 23.8 Å². The van der Waals surface area contributed by atoms with Gasteiger partial charge in [0.15, 0.2) is 0 Å². The van der Waals surface area contributed by atoms with Gasteiger partial charge >= 0.3 is 0 Å². The molecule has 3 rings (SSSR count). The zero-order chi connectivity index (χ0) is 15.9. The molecule has 0 fully saturated rings. The second-order valence-corrected chi connectivity index (χ2v) is 6.30. The zero-order valence-corrected chi connectivity index (χ0v) is 14.4. The van der Waals surface area contributed by atoms with Crippen molar-refractivity contribution >= 4 is 34.9 Å². The second kappa shape index (κ2) is 5.82. The van der Waals surface area contributed by atoms with E-state index in [0.29, 0.717) is 0 Å². The van der Waals surface area contributed by atoms with E-state index < -0.39 is 0 Å². The van der Waals surface area contributed by atoms with Gasteiger partial charge in [-0.2, -0.15) is 0 Å². The molecule has 2 heterocycles. The molecule has 0 aliphatic rings. The summed E-state index contributed by atoms with van der Waals surface area (Å²) < 4.78 is 2.74. The Balaban J connectivity index is 2.46. The largest absolute Gasteiger partial charge is 0.320 e. The molecule has 0 spiro atoms. The van der Waals surface area contributed by atoms with Crippen LogP contribution in [-0.2, 0) is 13.5 Å². The Bertz CT molecular complexity index is 928. The first kappa shape index (κ1) is 15.2. The fourth-order valence-corrected chi connectivity index (χ4v) is 3.15. The van der Waals surface area contributed by atoms with Crippen molar-refractivity contribution in [3.63, 3.8) is 0 Å². The Kier molecular flexibility index (Phi) is 4.02. The first-order valence-corrected chi connectivity index (χ1v) is 8.06. The summed E-state index contributed by atoms with van der Waals surface area (Å²) in [4.78, 5) is 4.79. The first-order chi connectivity index (χ1) is 10.5. The van der Waals surface area contributed by atoms with E-state index in [2.05, 4.69) is 26.0 Å². The lowest BCUT2D eigenvalue weighted by molar-refractivity contribution is 0.900. The van der Waals surface area contributed by atoms with Gasteiger partial charge in [0.2, 0.25) is 0 Å². The van der Waals surface area contributed by atoms with Crippen molar-refractivity contribution < 1.29 is 0 Å². The number of benzene rings is 1. The maximum atomic E-state index is 6.16. The van der Waals surface area contributed by atoms with Crippen molar-refractivity contribution in [2.75, 3.05) is 0 Å². The second-order valence-electron chi connectivity index (χ2n) is 5.45. The third-order valence-corrected chi connectivity index (χ3v) is 4.56. The average Bonchev–Trinajstić information content (AvgIpc) is 2.50. The maximum Gasteiger partial charge on any atom is 0.141 e. The van der Waals surface area contributed by atoms with Crippen molar-refractivity contribution in [2.24, 2.45) is 7.05 Å². The van der Waals surface area contributed by atoms with E-state index in [4.69, 9.17) is 28.8 Å². The third-order valence-electron chi connectivity index (χ3n) is 3.93. The van der Waals surface area contributed by atoms with E-state index >= 15 is 0 Å². The van der Waals surface area contributed by atoms with Crippen LogP contribution in [0.5, 0.6) is 0 Å². The molecule has 4 heteroatoms. The lowest BCUT2D eigenvalue weighted by atomic mass is 9.99. The number of nitrogens with zero attached hydrogens (tertiary/aromatic N) is 2. The van der Waals surface area contributed by atoms with Gasteiger partial charge in [-0.1, -0.05) is 42.9 Å². The first-order valence-electron chi connectivity index (χ1n) is 7.27. The maximum absolute atomic E-state index is 6.16. The predicted molar refractivity (Wildman–Crippen MR) is 96.1 cm³/mol. The molecular formula is C18H17ClN2S. The Morgan fingerprint density at radius 1 is 1.23 bits per heavy atom. The van der Waals surface area contributed by atoms with Crippen LogP contribution in [0.1, 0.15) is 18.2 Å². The van der Waals surface area contributed by atoms with Crippen LogP contribution < -0.4 is 0 Å². The highest BCUT2D eigenvalue weighted by Crippen LogP contribution is 2.32. The lowest BCUT2D eigenvalue weighted by Crippen LogP contribution is -2.03. The molecule has 0 aliphatic carbocycles. The van der Waals surface area contributed by atoms with Crippen molar-refractivity contribution in [3.8, 4) is 11.1 Å². The zero-order valence-electron chi connectivity index (χ0n) is 12.9. The van der Waals surface area contributed by atoms with Crippen molar-refractivity contribution in [2.45, 2.75) is 20.3 Å². The number of pyridine rings is 2. The van der Waals surface area contributed by atoms with E-state index in [1.54, 1.807) is 0 Å². The quantitative estimate of drug-likeness (QED) is 0.578. The Morgan fingerprint density at radius 3 is 2.68 bits per heavy atom. The summed E-state index contributed by atoms with van der Waals surface area (Å²) >= 11 is 11.7. The van der Waals surface area contributed by atoms with Crippen LogP contribution in [0.3, 0.4) is 0 Å². The van der Waals surface area contributed by atoms with Crippen LogP contribution in [0.4, 0.5) is 0 Å². The van der Waals surface area contributed by atoms with Gasteiger partial charge in [0.25, 0.3) is 0 Å². The number of halogens is 1. The molecule has 0 atom stereocenters. The van der Waals surface area contributed by atoms with Gasteiger partial charge in [0.05, 0.1) is 0 Å². The molecule has 0 N–H and O–H groups in total. The van der Waals surface area contributed by atoms with Crippen molar-refractivity contribution in [1.82, 2.24) is 9.55 Å². The Labute approximate surface area is 140 Å². The molecule has 0 saturated carbocycles. The molecule has 112 valence electrons. The van der Waals surface area contributed by atoms with Crippen LogP contribution in [0, 0.1) is 11.6 Å². The summed E-state index contributed by atoms with van der Waals surface area (Å²) in [5, 5.41) is 1.86. The molecular weight excluding hydrogens is 312 g/mol. The number of hydrogen-bond acceptors (Lipinski definition) is 2. The Morgan fingerprint density at radius 2 is 2.00 bits per heavy atom. The minimum absolute atomic E-state index is 0.723. The monoisotopic (exact) mass is 328 g/mol. The van der Waals surface area contributed by atoms with Gasteiger partial charge in [0.1, 0.15) is 10.3 Å². The highest BCUT2D eigenvalue weighted by Gasteiger charge is 2.12. The molecule has 2 aromatic heterocycles. The van der Waals surface area contributed by atoms with E-state index in [9.17, 15) is 0 Å². The number of hydrogen-bond donors (Lipinski definition) is 0. The van der Waals surface area contributed by atoms with Crippen LogP contribution in [0.15, 0.2) is 36.4 Å².